The molecule has 4 nitrogen and oxygen atoms in total. The first-order valence-corrected chi connectivity index (χ1v) is 7.08. The zero-order valence-electron chi connectivity index (χ0n) is 11.9. The molecule has 0 radical (unpaired) electrons. The standard InChI is InChI=1S/C17H18O4/c1-2-19-13-8-4-3-7-12(13)17(18)16-11-20-14-9-5-6-10-15(14)21-16/h3-10,16-18H,2,11H2,1H3. The van der Waals surface area contributed by atoms with E-state index in [9.17, 15) is 5.11 Å². The van der Waals surface area contributed by atoms with Crippen LogP contribution in [0.5, 0.6) is 17.2 Å². The van der Waals surface area contributed by atoms with E-state index < -0.39 is 12.2 Å². The van der Waals surface area contributed by atoms with Crippen molar-refractivity contribution in [2.45, 2.75) is 19.1 Å². The second kappa shape index (κ2) is 6.06. The highest BCUT2D eigenvalue weighted by atomic mass is 16.6. The third-order valence-corrected chi connectivity index (χ3v) is 3.42. The summed E-state index contributed by atoms with van der Waals surface area (Å²) in [7, 11) is 0. The fourth-order valence-corrected chi connectivity index (χ4v) is 2.40. The minimum absolute atomic E-state index is 0.304. The van der Waals surface area contributed by atoms with Gasteiger partial charge >= 0.3 is 0 Å². The Bertz CT molecular complexity index is 611. The Hall–Kier alpha value is -2.20. The van der Waals surface area contributed by atoms with Crippen LogP contribution in [0.15, 0.2) is 48.5 Å². The van der Waals surface area contributed by atoms with E-state index in [0.717, 1.165) is 0 Å². The van der Waals surface area contributed by atoms with Crippen LogP contribution in [0.25, 0.3) is 0 Å². The van der Waals surface area contributed by atoms with Crippen LogP contribution in [0.1, 0.15) is 18.6 Å². The molecule has 0 aliphatic carbocycles. The molecule has 0 fully saturated rings. The van der Waals surface area contributed by atoms with Crippen LogP contribution in [0.2, 0.25) is 0 Å². The molecule has 0 spiro atoms. The van der Waals surface area contributed by atoms with Gasteiger partial charge in [-0.2, -0.15) is 0 Å². The molecule has 1 aliphatic heterocycles. The maximum absolute atomic E-state index is 10.6. The molecule has 0 saturated heterocycles. The van der Waals surface area contributed by atoms with Gasteiger partial charge in [0.1, 0.15) is 18.5 Å². The molecule has 2 aromatic carbocycles. The number of para-hydroxylation sites is 3. The quantitative estimate of drug-likeness (QED) is 0.938. The summed E-state index contributed by atoms with van der Waals surface area (Å²) in [5.74, 6) is 2.04. The molecule has 2 aromatic rings. The first kappa shape index (κ1) is 13.8. The topological polar surface area (TPSA) is 47.9 Å². The summed E-state index contributed by atoms with van der Waals surface area (Å²) in [6, 6.07) is 14.9. The van der Waals surface area contributed by atoms with Gasteiger partial charge in [0.05, 0.1) is 6.61 Å². The van der Waals surface area contributed by atoms with Gasteiger partial charge in [0.15, 0.2) is 17.6 Å². The molecule has 1 aliphatic rings. The van der Waals surface area contributed by atoms with E-state index in [4.69, 9.17) is 14.2 Å². The zero-order valence-corrected chi connectivity index (χ0v) is 11.9. The van der Waals surface area contributed by atoms with Crippen LogP contribution in [-0.4, -0.2) is 24.4 Å². The molecule has 0 aromatic heterocycles. The number of ether oxygens (including phenoxy) is 3. The Morgan fingerprint density at radius 1 is 1.14 bits per heavy atom. The summed E-state index contributed by atoms with van der Waals surface area (Å²) in [6.45, 7) is 2.77. The minimum Gasteiger partial charge on any atom is -0.493 e. The molecule has 1 heterocycles. The van der Waals surface area contributed by atoms with Crippen LogP contribution in [0.3, 0.4) is 0 Å². The van der Waals surface area contributed by atoms with Gasteiger partial charge in [-0.3, -0.25) is 0 Å². The number of benzene rings is 2. The fraction of sp³-hybridized carbons (Fsp3) is 0.294. The van der Waals surface area contributed by atoms with Crippen molar-refractivity contribution in [3.63, 3.8) is 0 Å². The lowest BCUT2D eigenvalue weighted by Crippen LogP contribution is -2.35. The SMILES string of the molecule is CCOc1ccccc1C(O)C1COc2ccccc2O1. The Balaban J connectivity index is 1.82. The van der Waals surface area contributed by atoms with Crippen molar-refractivity contribution in [1.82, 2.24) is 0 Å². The van der Waals surface area contributed by atoms with Crippen molar-refractivity contribution in [2.75, 3.05) is 13.2 Å². The van der Waals surface area contributed by atoms with Crippen LogP contribution in [0, 0.1) is 0 Å². The van der Waals surface area contributed by atoms with Gasteiger partial charge in [-0.25, -0.2) is 0 Å². The fourth-order valence-electron chi connectivity index (χ4n) is 2.40. The van der Waals surface area contributed by atoms with Crippen molar-refractivity contribution >= 4 is 0 Å². The summed E-state index contributed by atoms with van der Waals surface area (Å²) < 4.78 is 17.1. The average Bonchev–Trinajstić information content (AvgIpc) is 2.54. The summed E-state index contributed by atoms with van der Waals surface area (Å²) >= 11 is 0. The largest absolute Gasteiger partial charge is 0.493 e. The molecule has 0 saturated carbocycles. The van der Waals surface area contributed by atoms with Crippen molar-refractivity contribution in [2.24, 2.45) is 0 Å². The Kier molecular flexibility index (Phi) is 3.97. The van der Waals surface area contributed by atoms with Crippen LogP contribution in [0.4, 0.5) is 0 Å². The highest BCUT2D eigenvalue weighted by Crippen LogP contribution is 2.36. The predicted molar refractivity (Wildman–Crippen MR) is 78.9 cm³/mol. The Morgan fingerprint density at radius 3 is 2.67 bits per heavy atom. The second-order valence-electron chi connectivity index (χ2n) is 4.83. The molecule has 2 atom stereocenters. The summed E-state index contributed by atoms with van der Waals surface area (Å²) in [5.41, 5.74) is 0.715. The molecule has 4 heteroatoms. The first-order chi connectivity index (χ1) is 10.3. The maximum Gasteiger partial charge on any atom is 0.163 e. The smallest absolute Gasteiger partial charge is 0.163 e. The van der Waals surface area contributed by atoms with Crippen molar-refractivity contribution in [1.29, 1.82) is 0 Å². The number of hydrogen-bond acceptors (Lipinski definition) is 4. The van der Waals surface area contributed by atoms with E-state index in [2.05, 4.69) is 0 Å². The van der Waals surface area contributed by atoms with Crippen molar-refractivity contribution in [3.8, 4) is 17.2 Å². The van der Waals surface area contributed by atoms with Gasteiger partial charge in [0.25, 0.3) is 0 Å². The minimum atomic E-state index is -0.805. The highest BCUT2D eigenvalue weighted by Gasteiger charge is 2.30. The van der Waals surface area contributed by atoms with E-state index >= 15 is 0 Å². The van der Waals surface area contributed by atoms with Crippen LogP contribution in [-0.2, 0) is 0 Å². The lowest BCUT2D eigenvalue weighted by atomic mass is 10.0. The number of aliphatic hydroxyl groups excluding tert-OH is 1. The maximum atomic E-state index is 10.6. The van der Waals surface area contributed by atoms with Gasteiger partial charge in [-0.15, -0.1) is 0 Å². The first-order valence-electron chi connectivity index (χ1n) is 7.08. The normalized spacial score (nSPS) is 18.1. The molecule has 0 amide bonds. The molecule has 2 unspecified atom stereocenters. The highest BCUT2D eigenvalue weighted by molar-refractivity contribution is 5.42. The number of fused-ring (bicyclic) bond motifs is 1. The molecule has 0 bridgehead atoms. The molecule has 21 heavy (non-hydrogen) atoms. The number of hydrogen-bond donors (Lipinski definition) is 1. The van der Waals surface area contributed by atoms with Crippen molar-refractivity contribution in [3.05, 3.63) is 54.1 Å². The summed E-state index contributed by atoms with van der Waals surface area (Å²) in [6.07, 6.45) is -1.26. The molecular formula is C17H18O4. The average molecular weight is 286 g/mol. The van der Waals surface area contributed by atoms with Gasteiger partial charge in [-0.1, -0.05) is 30.3 Å². The third kappa shape index (κ3) is 2.81. The van der Waals surface area contributed by atoms with Crippen LogP contribution < -0.4 is 14.2 Å². The molecule has 3 rings (SSSR count). The van der Waals surface area contributed by atoms with E-state index in [1.165, 1.54) is 0 Å². The molecule has 1 N–H and O–H groups in total. The number of aliphatic hydroxyl groups is 1. The van der Waals surface area contributed by atoms with Gasteiger partial charge in [0.2, 0.25) is 0 Å². The molecular weight excluding hydrogens is 268 g/mol. The van der Waals surface area contributed by atoms with Crippen molar-refractivity contribution < 1.29 is 19.3 Å². The number of rotatable bonds is 4. The van der Waals surface area contributed by atoms with Crippen LogP contribution >= 0.6 is 0 Å². The molecule has 110 valence electrons. The third-order valence-electron chi connectivity index (χ3n) is 3.42. The zero-order chi connectivity index (χ0) is 14.7. The summed E-state index contributed by atoms with van der Waals surface area (Å²) in [4.78, 5) is 0. The van der Waals surface area contributed by atoms with E-state index in [1.54, 1.807) is 0 Å². The summed E-state index contributed by atoms with van der Waals surface area (Å²) in [5, 5.41) is 10.6. The van der Waals surface area contributed by atoms with Gasteiger partial charge in [0, 0.05) is 5.56 Å². The lowest BCUT2D eigenvalue weighted by molar-refractivity contribution is -0.0124. The van der Waals surface area contributed by atoms with E-state index in [-0.39, 0.29) is 0 Å². The Morgan fingerprint density at radius 2 is 1.86 bits per heavy atom. The second-order valence-corrected chi connectivity index (χ2v) is 4.83. The Labute approximate surface area is 123 Å². The van der Waals surface area contributed by atoms with Gasteiger partial charge in [-0.05, 0) is 25.1 Å². The van der Waals surface area contributed by atoms with E-state index in [0.29, 0.717) is 36.0 Å². The van der Waals surface area contributed by atoms with E-state index in [1.807, 2.05) is 55.5 Å². The predicted octanol–water partition coefficient (Wildman–Crippen LogP) is 2.96. The monoisotopic (exact) mass is 286 g/mol. The van der Waals surface area contributed by atoms with Gasteiger partial charge < -0.3 is 19.3 Å². The lowest BCUT2D eigenvalue weighted by Gasteiger charge is -2.30.